The molecule has 0 aromatic carbocycles. The minimum atomic E-state index is -0.182. The molecule has 0 aliphatic rings. The summed E-state index contributed by atoms with van der Waals surface area (Å²) in [5.41, 5.74) is 6.66. The van der Waals surface area contributed by atoms with Gasteiger partial charge in [0.15, 0.2) is 5.82 Å². The summed E-state index contributed by atoms with van der Waals surface area (Å²) in [6.45, 7) is 2.32. The van der Waals surface area contributed by atoms with E-state index >= 15 is 0 Å². The topological polar surface area (TPSA) is 102 Å². The van der Waals surface area contributed by atoms with Gasteiger partial charge < -0.3 is 5.73 Å². The first-order valence-corrected chi connectivity index (χ1v) is 6.66. The molecular weight excluding hydrogens is 264 g/mol. The zero-order chi connectivity index (χ0) is 13.4. The van der Waals surface area contributed by atoms with E-state index in [0.29, 0.717) is 29.5 Å². The van der Waals surface area contributed by atoms with E-state index in [1.165, 1.54) is 21.9 Å². The van der Waals surface area contributed by atoms with Gasteiger partial charge in [-0.25, -0.2) is 9.97 Å². The summed E-state index contributed by atoms with van der Waals surface area (Å²) in [6.07, 6.45) is 0.738. The SMILES string of the molecule is Cc1cc(=O)n2[nH]c(-c3csc(CCN)n3)nc2n1. The van der Waals surface area contributed by atoms with Crippen molar-refractivity contribution in [3.05, 3.63) is 32.5 Å². The number of H-pyrrole nitrogens is 1. The van der Waals surface area contributed by atoms with Crippen LogP contribution in [0.15, 0.2) is 16.2 Å². The van der Waals surface area contributed by atoms with E-state index in [9.17, 15) is 4.79 Å². The van der Waals surface area contributed by atoms with E-state index < -0.39 is 0 Å². The van der Waals surface area contributed by atoms with Crippen LogP contribution in [0.5, 0.6) is 0 Å². The Kier molecular flexibility index (Phi) is 2.88. The van der Waals surface area contributed by atoms with Gasteiger partial charge in [-0.15, -0.1) is 11.3 Å². The van der Waals surface area contributed by atoms with Crippen molar-refractivity contribution in [2.45, 2.75) is 13.3 Å². The first-order chi connectivity index (χ1) is 9.17. The van der Waals surface area contributed by atoms with Gasteiger partial charge in [-0.3, -0.25) is 9.89 Å². The molecule has 7 nitrogen and oxygen atoms in total. The summed E-state index contributed by atoms with van der Waals surface area (Å²) in [6, 6.07) is 1.45. The third-order valence-corrected chi connectivity index (χ3v) is 3.52. The highest BCUT2D eigenvalue weighted by Gasteiger charge is 2.11. The summed E-state index contributed by atoms with van der Waals surface area (Å²) >= 11 is 1.53. The molecule has 3 aromatic heterocycles. The fourth-order valence-corrected chi connectivity index (χ4v) is 2.56. The van der Waals surface area contributed by atoms with Gasteiger partial charge >= 0.3 is 0 Å². The van der Waals surface area contributed by atoms with Gasteiger partial charge in [-0.05, 0) is 13.5 Å². The standard InChI is InChI=1S/C11H12N6OS/c1-6-4-9(18)17-11(13-6)15-10(16-17)7-5-19-8(14-7)2-3-12/h4-5H,2-3,12H2,1H3,(H,13,15,16). The van der Waals surface area contributed by atoms with Gasteiger partial charge in [0.2, 0.25) is 0 Å². The highest BCUT2D eigenvalue weighted by molar-refractivity contribution is 7.09. The normalized spacial score (nSPS) is 11.3. The average molecular weight is 276 g/mol. The van der Waals surface area contributed by atoms with Crippen LogP contribution in [0, 0.1) is 6.92 Å². The van der Waals surface area contributed by atoms with Crippen molar-refractivity contribution >= 4 is 17.1 Å². The second-order valence-corrected chi connectivity index (χ2v) is 5.05. The quantitative estimate of drug-likeness (QED) is 0.718. The molecule has 0 aliphatic heterocycles. The molecular formula is C11H12N6OS. The Morgan fingerprint density at radius 2 is 2.26 bits per heavy atom. The first-order valence-electron chi connectivity index (χ1n) is 5.78. The van der Waals surface area contributed by atoms with Crippen LogP contribution >= 0.6 is 11.3 Å². The molecule has 19 heavy (non-hydrogen) atoms. The summed E-state index contributed by atoms with van der Waals surface area (Å²) < 4.78 is 1.31. The van der Waals surface area contributed by atoms with Crippen LogP contribution in [0.1, 0.15) is 10.7 Å². The Morgan fingerprint density at radius 3 is 3.05 bits per heavy atom. The van der Waals surface area contributed by atoms with E-state index in [2.05, 4.69) is 20.1 Å². The van der Waals surface area contributed by atoms with Crippen molar-refractivity contribution in [1.82, 2.24) is 24.6 Å². The molecule has 3 heterocycles. The fourth-order valence-electron chi connectivity index (χ4n) is 1.77. The van der Waals surface area contributed by atoms with Crippen LogP contribution < -0.4 is 11.3 Å². The Morgan fingerprint density at radius 1 is 1.42 bits per heavy atom. The second kappa shape index (κ2) is 4.56. The molecule has 0 fully saturated rings. The van der Waals surface area contributed by atoms with Crippen LogP contribution in [0.4, 0.5) is 0 Å². The van der Waals surface area contributed by atoms with Gasteiger partial charge in [0.25, 0.3) is 11.3 Å². The summed E-state index contributed by atoms with van der Waals surface area (Å²) in [5.74, 6) is 0.892. The maximum Gasteiger partial charge on any atom is 0.274 e. The molecule has 0 unspecified atom stereocenters. The first kappa shape index (κ1) is 12.0. The zero-order valence-electron chi connectivity index (χ0n) is 10.3. The predicted octanol–water partition coefficient (Wildman–Crippen LogP) is 0.351. The Hall–Kier alpha value is -2.06. The number of thiazole rings is 1. The molecule has 8 heteroatoms. The molecule has 0 amide bonds. The minimum absolute atomic E-state index is 0.182. The van der Waals surface area contributed by atoms with Gasteiger partial charge in [0, 0.05) is 23.6 Å². The molecule has 3 rings (SSSR count). The van der Waals surface area contributed by atoms with Gasteiger partial charge in [0.1, 0.15) is 5.69 Å². The van der Waals surface area contributed by atoms with Crippen LogP contribution in [0.2, 0.25) is 0 Å². The number of aryl methyl sites for hydroxylation is 1. The number of aromatic nitrogens is 5. The number of nitrogens with zero attached hydrogens (tertiary/aromatic N) is 4. The molecule has 0 saturated heterocycles. The van der Waals surface area contributed by atoms with Gasteiger partial charge in [-0.1, -0.05) is 0 Å². The van der Waals surface area contributed by atoms with Crippen LogP contribution in [0.3, 0.4) is 0 Å². The lowest BCUT2D eigenvalue weighted by molar-refractivity contribution is 0.889. The number of nitrogens with two attached hydrogens (primary N) is 1. The molecule has 0 bridgehead atoms. The summed E-state index contributed by atoms with van der Waals surface area (Å²) in [4.78, 5) is 24.7. The number of hydrogen-bond donors (Lipinski definition) is 2. The molecule has 0 atom stereocenters. The van der Waals surface area contributed by atoms with Crippen LogP contribution in [-0.4, -0.2) is 31.1 Å². The van der Waals surface area contributed by atoms with Crippen molar-refractivity contribution in [2.24, 2.45) is 5.73 Å². The van der Waals surface area contributed by atoms with Crippen LogP contribution in [0.25, 0.3) is 17.3 Å². The molecule has 0 radical (unpaired) electrons. The van der Waals surface area contributed by atoms with E-state index in [0.717, 1.165) is 11.4 Å². The maximum atomic E-state index is 11.8. The van der Waals surface area contributed by atoms with E-state index in [1.807, 2.05) is 5.38 Å². The zero-order valence-corrected chi connectivity index (χ0v) is 11.1. The fraction of sp³-hybridized carbons (Fsp3) is 0.273. The number of nitrogens with one attached hydrogen (secondary N) is 1. The molecule has 98 valence electrons. The van der Waals surface area contributed by atoms with Crippen molar-refractivity contribution in [1.29, 1.82) is 0 Å². The van der Waals surface area contributed by atoms with Crippen molar-refractivity contribution in [3.63, 3.8) is 0 Å². The Labute approximate surface area is 112 Å². The molecule has 0 saturated carbocycles. The lowest BCUT2D eigenvalue weighted by Gasteiger charge is -1.90. The van der Waals surface area contributed by atoms with Crippen molar-refractivity contribution in [3.8, 4) is 11.5 Å². The number of rotatable bonds is 3. The largest absolute Gasteiger partial charge is 0.330 e. The maximum absolute atomic E-state index is 11.8. The Balaban J connectivity index is 2.09. The van der Waals surface area contributed by atoms with Gasteiger partial charge in [-0.2, -0.15) is 9.50 Å². The van der Waals surface area contributed by atoms with E-state index in [4.69, 9.17) is 5.73 Å². The lowest BCUT2D eigenvalue weighted by Crippen LogP contribution is -2.14. The Bertz CT molecular complexity index is 786. The third kappa shape index (κ3) is 2.15. The van der Waals surface area contributed by atoms with Crippen molar-refractivity contribution < 1.29 is 0 Å². The van der Waals surface area contributed by atoms with Crippen LogP contribution in [-0.2, 0) is 6.42 Å². The molecule has 0 spiro atoms. The smallest absolute Gasteiger partial charge is 0.274 e. The van der Waals surface area contributed by atoms with Crippen molar-refractivity contribution in [2.75, 3.05) is 6.54 Å². The second-order valence-electron chi connectivity index (χ2n) is 4.11. The summed E-state index contributed by atoms with van der Waals surface area (Å²) in [7, 11) is 0. The lowest BCUT2D eigenvalue weighted by atomic mass is 10.4. The van der Waals surface area contributed by atoms with E-state index in [1.54, 1.807) is 6.92 Å². The predicted molar refractivity (Wildman–Crippen MR) is 72.2 cm³/mol. The average Bonchev–Trinajstić information content (AvgIpc) is 2.95. The number of aromatic amines is 1. The molecule has 3 aromatic rings. The molecule has 0 aliphatic carbocycles. The van der Waals surface area contributed by atoms with E-state index in [-0.39, 0.29) is 5.56 Å². The highest BCUT2D eigenvalue weighted by Crippen LogP contribution is 2.18. The number of hydrogen-bond acceptors (Lipinski definition) is 6. The third-order valence-electron chi connectivity index (χ3n) is 2.61. The minimum Gasteiger partial charge on any atom is -0.330 e. The summed E-state index contributed by atoms with van der Waals surface area (Å²) in [5, 5.41) is 5.75. The number of fused-ring (bicyclic) bond motifs is 1. The monoisotopic (exact) mass is 276 g/mol. The highest BCUT2D eigenvalue weighted by atomic mass is 32.1. The molecule has 3 N–H and O–H groups in total. The van der Waals surface area contributed by atoms with Gasteiger partial charge in [0.05, 0.1) is 5.01 Å².